The molecule has 1 aromatic carbocycles. The number of nitrogens with zero attached hydrogens (tertiary/aromatic N) is 1. The van der Waals surface area contributed by atoms with E-state index in [9.17, 15) is 9.18 Å². The number of hydrogen-bond donors (Lipinski definition) is 0. The van der Waals surface area contributed by atoms with Crippen molar-refractivity contribution in [2.24, 2.45) is 0 Å². The van der Waals surface area contributed by atoms with Gasteiger partial charge in [-0.2, -0.15) is 0 Å². The molecule has 17 heavy (non-hydrogen) atoms. The smallest absolute Gasteiger partial charge is 0.173 e. The summed E-state index contributed by atoms with van der Waals surface area (Å²) in [5.41, 5.74) is 0.525. The molecule has 2 rings (SSSR count). The number of Topliss-reactive ketones (excluding diaryl/α,β-unsaturated/α-hetero) is 1. The Morgan fingerprint density at radius 2 is 2.06 bits per heavy atom. The molecule has 0 spiro atoms. The second-order valence-corrected chi connectivity index (χ2v) is 3.92. The van der Waals surface area contributed by atoms with Gasteiger partial charge in [0.2, 0.25) is 0 Å². The molecule has 86 valence electrons. The molecule has 0 aliphatic rings. The van der Waals surface area contributed by atoms with Crippen LogP contribution in [0.4, 0.5) is 4.39 Å². The Kier molecular flexibility index (Phi) is 3.49. The van der Waals surface area contributed by atoms with Gasteiger partial charge in [-0.3, -0.25) is 9.78 Å². The van der Waals surface area contributed by atoms with Gasteiger partial charge < -0.3 is 0 Å². The molecule has 0 N–H and O–H groups in total. The molecule has 2 aromatic rings. The molecule has 0 radical (unpaired) electrons. The van der Waals surface area contributed by atoms with Gasteiger partial charge >= 0.3 is 0 Å². The lowest BCUT2D eigenvalue weighted by atomic mass is 10.1. The van der Waals surface area contributed by atoms with Crippen molar-refractivity contribution in [2.75, 3.05) is 0 Å². The molecule has 0 aliphatic carbocycles. The van der Waals surface area contributed by atoms with Crippen LogP contribution in [0.25, 0.3) is 0 Å². The van der Waals surface area contributed by atoms with Crippen molar-refractivity contribution in [2.45, 2.75) is 6.42 Å². The maximum Gasteiger partial charge on any atom is 0.173 e. The predicted octanol–water partition coefficient (Wildman–Crippen LogP) is 3.30. The zero-order valence-electron chi connectivity index (χ0n) is 8.86. The monoisotopic (exact) mass is 249 g/mol. The van der Waals surface area contributed by atoms with Crippen molar-refractivity contribution >= 4 is 17.4 Å². The lowest BCUT2D eigenvalue weighted by Gasteiger charge is -2.04. The number of carbonyl (C=O) groups excluding carboxylic acids is 1. The summed E-state index contributed by atoms with van der Waals surface area (Å²) in [6, 6.07) is 9.43. The van der Waals surface area contributed by atoms with E-state index in [2.05, 4.69) is 4.98 Å². The standard InChI is InChI=1S/C13H9ClFNO/c14-10-5-3-6-11(15)13(10)12(17)8-9-4-1-2-7-16-9/h1-7H,8H2. The van der Waals surface area contributed by atoms with Crippen LogP contribution >= 0.6 is 11.6 Å². The highest BCUT2D eigenvalue weighted by atomic mass is 35.5. The minimum absolute atomic E-state index is 0.0431. The molecule has 1 aromatic heterocycles. The Hall–Kier alpha value is -1.74. The summed E-state index contributed by atoms with van der Waals surface area (Å²) in [4.78, 5) is 15.9. The fourth-order valence-electron chi connectivity index (χ4n) is 1.52. The number of hydrogen-bond acceptors (Lipinski definition) is 2. The maximum atomic E-state index is 13.5. The van der Waals surface area contributed by atoms with Crippen molar-refractivity contribution in [3.63, 3.8) is 0 Å². The molecular weight excluding hydrogens is 241 g/mol. The highest BCUT2D eigenvalue weighted by Gasteiger charge is 2.16. The van der Waals surface area contributed by atoms with E-state index < -0.39 is 5.82 Å². The molecule has 4 heteroatoms. The number of halogens is 2. The average molecular weight is 250 g/mol. The van der Waals surface area contributed by atoms with Crippen molar-refractivity contribution < 1.29 is 9.18 Å². The second-order valence-electron chi connectivity index (χ2n) is 3.52. The van der Waals surface area contributed by atoms with E-state index in [0.29, 0.717) is 5.69 Å². The lowest BCUT2D eigenvalue weighted by molar-refractivity contribution is 0.0988. The molecule has 0 saturated carbocycles. The zero-order chi connectivity index (χ0) is 12.3. The summed E-state index contributed by atoms with van der Waals surface area (Å²) in [7, 11) is 0. The van der Waals surface area contributed by atoms with Crippen LogP contribution in [0.5, 0.6) is 0 Å². The van der Waals surface area contributed by atoms with Crippen LogP contribution in [0.2, 0.25) is 5.02 Å². The van der Waals surface area contributed by atoms with Gasteiger partial charge in [0.15, 0.2) is 5.78 Å². The number of benzene rings is 1. The van der Waals surface area contributed by atoms with Crippen molar-refractivity contribution in [3.8, 4) is 0 Å². The summed E-state index contributed by atoms with van der Waals surface area (Å²) in [5.74, 6) is -0.967. The maximum absolute atomic E-state index is 13.5. The Labute approximate surface area is 103 Å². The quantitative estimate of drug-likeness (QED) is 0.782. The molecule has 0 aliphatic heterocycles. The van der Waals surface area contributed by atoms with E-state index in [1.807, 2.05) is 0 Å². The van der Waals surface area contributed by atoms with E-state index >= 15 is 0 Å². The van der Waals surface area contributed by atoms with Crippen molar-refractivity contribution in [1.29, 1.82) is 0 Å². The lowest BCUT2D eigenvalue weighted by Crippen LogP contribution is -2.08. The zero-order valence-corrected chi connectivity index (χ0v) is 9.62. The van der Waals surface area contributed by atoms with Gasteiger partial charge in [-0.15, -0.1) is 0 Å². The van der Waals surface area contributed by atoms with Crippen LogP contribution in [0.15, 0.2) is 42.6 Å². The highest BCUT2D eigenvalue weighted by Crippen LogP contribution is 2.20. The van der Waals surface area contributed by atoms with Gasteiger partial charge in [0.05, 0.1) is 17.0 Å². The fraction of sp³-hybridized carbons (Fsp3) is 0.0769. The first kappa shape index (κ1) is 11.7. The minimum Gasteiger partial charge on any atom is -0.294 e. The minimum atomic E-state index is -0.599. The normalized spacial score (nSPS) is 10.2. The van der Waals surface area contributed by atoms with Gasteiger partial charge in [0.25, 0.3) is 0 Å². The summed E-state index contributed by atoms with van der Waals surface area (Å²) < 4.78 is 13.5. The topological polar surface area (TPSA) is 30.0 Å². The number of pyridine rings is 1. The number of rotatable bonds is 3. The summed E-state index contributed by atoms with van der Waals surface area (Å²) in [6.07, 6.45) is 1.63. The first-order valence-corrected chi connectivity index (χ1v) is 5.43. The summed E-state index contributed by atoms with van der Waals surface area (Å²) in [6.45, 7) is 0. The van der Waals surface area contributed by atoms with Crippen LogP contribution in [-0.4, -0.2) is 10.8 Å². The van der Waals surface area contributed by atoms with Crippen LogP contribution in [0, 0.1) is 5.82 Å². The molecule has 0 saturated heterocycles. The number of aromatic nitrogens is 1. The average Bonchev–Trinajstić information content (AvgIpc) is 2.30. The molecule has 2 nitrogen and oxygen atoms in total. The van der Waals surface area contributed by atoms with Gasteiger partial charge in [0.1, 0.15) is 5.82 Å². The molecule has 0 unspecified atom stereocenters. The Balaban J connectivity index is 2.27. The van der Waals surface area contributed by atoms with Gasteiger partial charge in [-0.25, -0.2) is 4.39 Å². The number of carbonyl (C=O) groups is 1. The largest absolute Gasteiger partial charge is 0.294 e. The first-order valence-electron chi connectivity index (χ1n) is 5.05. The van der Waals surface area contributed by atoms with Crippen LogP contribution in [0.1, 0.15) is 16.1 Å². The Morgan fingerprint density at radius 3 is 2.71 bits per heavy atom. The van der Waals surface area contributed by atoms with Gasteiger partial charge in [-0.1, -0.05) is 23.7 Å². The van der Waals surface area contributed by atoms with Crippen molar-refractivity contribution in [1.82, 2.24) is 4.98 Å². The predicted molar refractivity (Wildman–Crippen MR) is 63.7 cm³/mol. The third kappa shape index (κ3) is 2.68. The molecular formula is C13H9ClFNO. The molecule has 0 amide bonds. The van der Waals surface area contributed by atoms with Crippen molar-refractivity contribution in [3.05, 3.63) is 64.7 Å². The first-order chi connectivity index (χ1) is 8.18. The summed E-state index contributed by atoms with van der Waals surface area (Å²) >= 11 is 5.81. The van der Waals surface area contributed by atoms with E-state index in [1.54, 1.807) is 24.4 Å². The van der Waals surface area contributed by atoms with E-state index in [0.717, 1.165) is 0 Å². The van der Waals surface area contributed by atoms with E-state index in [1.165, 1.54) is 18.2 Å². The SMILES string of the molecule is O=C(Cc1ccccn1)c1c(F)cccc1Cl. The molecule has 0 fully saturated rings. The van der Waals surface area contributed by atoms with Gasteiger partial charge in [-0.05, 0) is 24.3 Å². The van der Waals surface area contributed by atoms with Crippen LogP contribution < -0.4 is 0 Å². The molecule has 0 bridgehead atoms. The van der Waals surface area contributed by atoms with Gasteiger partial charge in [0, 0.05) is 11.9 Å². The summed E-state index contributed by atoms with van der Waals surface area (Å²) in [5, 5.41) is 0.130. The van der Waals surface area contributed by atoms with Crippen LogP contribution in [0.3, 0.4) is 0 Å². The third-order valence-corrected chi connectivity index (χ3v) is 2.62. The molecule has 0 atom stereocenters. The third-order valence-electron chi connectivity index (χ3n) is 2.31. The number of ketones is 1. The van der Waals surface area contributed by atoms with E-state index in [-0.39, 0.29) is 22.8 Å². The van der Waals surface area contributed by atoms with E-state index in [4.69, 9.17) is 11.6 Å². The van der Waals surface area contributed by atoms with Crippen LogP contribution in [-0.2, 0) is 6.42 Å². The molecule has 1 heterocycles. The highest BCUT2D eigenvalue weighted by molar-refractivity contribution is 6.34. The second kappa shape index (κ2) is 5.06. The fourth-order valence-corrected chi connectivity index (χ4v) is 1.79. The Bertz CT molecular complexity index is 522. The Morgan fingerprint density at radius 1 is 1.24 bits per heavy atom.